The van der Waals surface area contributed by atoms with Crippen LogP contribution in [0.3, 0.4) is 0 Å². The van der Waals surface area contributed by atoms with Crippen molar-refractivity contribution in [1.29, 1.82) is 0 Å². The summed E-state index contributed by atoms with van der Waals surface area (Å²) in [6, 6.07) is 10.2. The number of nitrogens with two attached hydrogens (primary N) is 2. The van der Waals surface area contributed by atoms with Gasteiger partial charge in [-0.05, 0) is 18.0 Å². The maximum Gasteiger partial charge on any atom is 0.276 e. The minimum Gasteiger partial charge on any atom is -0.382 e. The molecule has 1 aliphatic rings. The summed E-state index contributed by atoms with van der Waals surface area (Å²) in [4.78, 5) is 22.4. The van der Waals surface area contributed by atoms with Crippen LogP contribution in [0.5, 0.6) is 0 Å². The van der Waals surface area contributed by atoms with Gasteiger partial charge in [-0.1, -0.05) is 30.3 Å². The molecule has 0 saturated carbocycles. The van der Waals surface area contributed by atoms with E-state index in [0.717, 1.165) is 0 Å². The molecule has 0 bridgehead atoms. The standard InChI is InChI=1S/C16H19N5O.2ClH/c17-8-12-9-21(10-13(12)11-4-2-1-3-5-11)16(22)14-15(18)20-7-6-19-14;;/h1-7,12-13H,8-10,17H2,(H2,18,20);2*1H/t12-,13+;;/m1../s1. The van der Waals surface area contributed by atoms with E-state index in [0.29, 0.717) is 19.6 Å². The van der Waals surface area contributed by atoms with Gasteiger partial charge in [-0.2, -0.15) is 0 Å². The zero-order valence-electron chi connectivity index (χ0n) is 13.0. The molecule has 1 aromatic heterocycles. The third-order valence-corrected chi connectivity index (χ3v) is 4.19. The molecule has 0 radical (unpaired) electrons. The molecular weight excluding hydrogens is 349 g/mol. The molecule has 0 aliphatic carbocycles. The number of amides is 1. The van der Waals surface area contributed by atoms with E-state index in [1.54, 1.807) is 4.90 Å². The van der Waals surface area contributed by atoms with E-state index in [9.17, 15) is 4.79 Å². The molecular formula is C16H21Cl2N5O. The lowest BCUT2D eigenvalue weighted by Crippen LogP contribution is -2.31. The molecule has 0 unspecified atom stereocenters. The highest BCUT2D eigenvalue weighted by Gasteiger charge is 2.36. The van der Waals surface area contributed by atoms with E-state index in [1.807, 2.05) is 18.2 Å². The number of hydrogen-bond donors (Lipinski definition) is 2. The number of likely N-dealkylation sites (tertiary alicyclic amines) is 1. The molecule has 1 saturated heterocycles. The van der Waals surface area contributed by atoms with Crippen LogP contribution >= 0.6 is 24.8 Å². The summed E-state index contributed by atoms with van der Waals surface area (Å²) in [7, 11) is 0. The number of carbonyl (C=O) groups is 1. The van der Waals surface area contributed by atoms with Gasteiger partial charge >= 0.3 is 0 Å². The highest BCUT2D eigenvalue weighted by Crippen LogP contribution is 2.32. The van der Waals surface area contributed by atoms with Crippen LogP contribution < -0.4 is 11.5 Å². The zero-order valence-corrected chi connectivity index (χ0v) is 14.7. The summed E-state index contributed by atoms with van der Waals surface area (Å²) in [6.07, 6.45) is 2.96. The lowest BCUT2D eigenvalue weighted by molar-refractivity contribution is 0.0781. The Hall–Kier alpha value is -1.89. The van der Waals surface area contributed by atoms with Gasteiger partial charge in [0.1, 0.15) is 0 Å². The molecule has 6 nitrogen and oxygen atoms in total. The quantitative estimate of drug-likeness (QED) is 0.857. The number of nitrogens with zero attached hydrogens (tertiary/aromatic N) is 3. The Balaban J connectivity index is 0.00000144. The third-order valence-electron chi connectivity index (χ3n) is 4.19. The molecule has 4 N–H and O–H groups in total. The van der Waals surface area contributed by atoms with E-state index < -0.39 is 0 Å². The number of hydrogen-bond acceptors (Lipinski definition) is 5. The van der Waals surface area contributed by atoms with E-state index in [2.05, 4.69) is 22.1 Å². The number of halogens is 2. The first-order chi connectivity index (χ1) is 10.7. The average molecular weight is 370 g/mol. The minimum atomic E-state index is -0.178. The fourth-order valence-electron chi connectivity index (χ4n) is 3.02. The van der Waals surface area contributed by atoms with Crippen LogP contribution in [0.4, 0.5) is 5.82 Å². The average Bonchev–Trinajstić information content (AvgIpc) is 3.00. The molecule has 8 heteroatoms. The van der Waals surface area contributed by atoms with Crippen molar-refractivity contribution in [3.8, 4) is 0 Å². The molecule has 2 atom stereocenters. The van der Waals surface area contributed by atoms with Gasteiger partial charge < -0.3 is 16.4 Å². The van der Waals surface area contributed by atoms with Crippen molar-refractivity contribution in [3.63, 3.8) is 0 Å². The predicted molar refractivity (Wildman–Crippen MR) is 98.6 cm³/mol. The first-order valence-corrected chi connectivity index (χ1v) is 7.31. The molecule has 1 aliphatic heterocycles. The van der Waals surface area contributed by atoms with Crippen LogP contribution in [-0.4, -0.2) is 40.4 Å². The number of anilines is 1. The number of carbonyl (C=O) groups excluding carboxylic acids is 1. The highest BCUT2D eigenvalue weighted by molar-refractivity contribution is 5.96. The number of nitrogen functional groups attached to an aromatic ring is 1. The number of benzene rings is 1. The summed E-state index contributed by atoms with van der Waals surface area (Å²) in [5.74, 6) is 0.472. The molecule has 24 heavy (non-hydrogen) atoms. The molecule has 3 rings (SSSR count). The normalized spacial score (nSPS) is 19.3. The first-order valence-electron chi connectivity index (χ1n) is 7.31. The van der Waals surface area contributed by atoms with Gasteiger partial charge in [0.25, 0.3) is 5.91 Å². The summed E-state index contributed by atoms with van der Waals surface area (Å²) >= 11 is 0. The second-order valence-corrected chi connectivity index (χ2v) is 5.51. The van der Waals surface area contributed by atoms with Crippen LogP contribution in [0.2, 0.25) is 0 Å². The number of aromatic nitrogens is 2. The van der Waals surface area contributed by atoms with Crippen LogP contribution in [0, 0.1) is 5.92 Å². The summed E-state index contributed by atoms with van der Waals surface area (Å²) in [6.45, 7) is 1.78. The Morgan fingerprint density at radius 3 is 2.42 bits per heavy atom. The second kappa shape index (κ2) is 8.82. The van der Waals surface area contributed by atoms with Crippen LogP contribution in [0.1, 0.15) is 22.0 Å². The van der Waals surface area contributed by atoms with Gasteiger partial charge in [0.15, 0.2) is 11.5 Å². The third kappa shape index (κ3) is 3.95. The van der Waals surface area contributed by atoms with Crippen LogP contribution in [-0.2, 0) is 0 Å². The minimum absolute atomic E-state index is 0. The summed E-state index contributed by atoms with van der Waals surface area (Å²) in [5, 5.41) is 0. The first kappa shape index (κ1) is 20.2. The fourth-order valence-corrected chi connectivity index (χ4v) is 3.02. The smallest absolute Gasteiger partial charge is 0.276 e. The molecule has 2 aromatic rings. The van der Waals surface area contributed by atoms with Crippen LogP contribution in [0.25, 0.3) is 0 Å². The molecule has 130 valence electrons. The molecule has 1 amide bonds. The van der Waals surface area contributed by atoms with Crippen LogP contribution in [0.15, 0.2) is 42.7 Å². The summed E-state index contributed by atoms with van der Waals surface area (Å²) in [5.41, 5.74) is 13.1. The van der Waals surface area contributed by atoms with Crippen molar-refractivity contribution in [3.05, 3.63) is 54.0 Å². The highest BCUT2D eigenvalue weighted by atomic mass is 35.5. The fraction of sp³-hybridized carbons (Fsp3) is 0.312. The predicted octanol–water partition coefficient (Wildman–Crippen LogP) is 1.72. The van der Waals surface area contributed by atoms with Gasteiger partial charge in [-0.25, -0.2) is 9.97 Å². The van der Waals surface area contributed by atoms with Gasteiger partial charge in [0, 0.05) is 31.4 Å². The van der Waals surface area contributed by atoms with Gasteiger partial charge in [-0.3, -0.25) is 4.79 Å². The van der Waals surface area contributed by atoms with Crippen molar-refractivity contribution in [2.45, 2.75) is 5.92 Å². The van der Waals surface area contributed by atoms with E-state index in [4.69, 9.17) is 11.5 Å². The Morgan fingerprint density at radius 1 is 1.12 bits per heavy atom. The van der Waals surface area contributed by atoms with E-state index in [-0.39, 0.29) is 54.1 Å². The van der Waals surface area contributed by atoms with Crippen molar-refractivity contribution >= 4 is 36.5 Å². The molecule has 0 spiro atoms. The molecule has 1 aromatic carbocycles. The SMILES string of the molecule is Cl.Cl.NC[C@@H]1CN(C(=O)c2nccnc2N)C[C@H]1c1ccccc1. The van der Waals surface area contributed by atoms with Gasteiger partial charge in [-0.15, -0.1) is 24.8 Å². The van der Waals surface area contributed by atoms with Crippen molar-refractivity contribution in [1.82, 2.24) is 14.9 Å². The monoisotopic (exact) mass is 369 g/mol. The molecule has 2 heterocycles. The topological polar surface area (TPSA) is 98.1 Å². The van der Waals surface area contributed by atoms with E-state index in [1.165, 1.54) is 18.0 Å². The lowest BCUT2D eigenvalue weighted by Gasteiger charge is -2.16. The molecule has 1 fully saturated rings. The van der Waals surface area contributed by atoms with E-state index >= 15 is 0 Å². The van der Waals surface area contributed by atoms with Crippen molar-refractivity contribution < 1.29 is 4.79 Å². The van der Waals surface area contributed by atoms with Gasteiger partial charge in [0.05, 0.1) is 0 Å². The van der Waals surface area contributed by atoms with Gasteiger partial charge in [0.2, 0.25) is 0 Å². The zero-order chi connectivity index (χ0) is 15.5. The number of rotatable bonds is 3. The second-order valence-electron chi connectivity index (χ2n) is 5.51. The Kier molecular flexibility index (Phi) is 7.41. The Labute approximate surface area is 153 Å². The summed E-state index contributed by atoms with van der Waals surface area (Å²) < 4.78 is 0. The largest absolute Gasteiger partial charge is 0.382 e. The Bertz CT molecular complexity index is 671. The van der Waals surface area contributed by atoms with Crippen molar-refractivity contribution in [2.24, 2.45) is 11.7 Å². The lowest BCUT2D eigenvalue weighted by atomic mass is 9.89. The maximum absolute atomic E-state index is 12.6. The maximum atomic E-state index is 12.6. The van der Waals surface area contributed by atoms with Crippen molar-refractivity contribution in [2.75, 3.05) is 25.4 Å². The Morgan fingerprint density at radius 2 is 1.79 bits per heavy atom.